The third-order valence-corrected chi connectivity index (χ3v) is 3.48. The van der Waals surface area contributed by atoms with Gasteiger partial charge in [-0.25, -0.2) is 0 Å². The van der Waals surface area contributed by atoms with Crippen molar-refractivity contribution in [2.45, 2.75) is 6.54 Å². The number of nitro groups is 1. The molecule has 0 aliphatic rings. The van der Waals surface area contributed by atoms with Gasteiger partial charge in [-0.2, -0.15) is 0 Å². The molecule has 0 aliphatic heterocycles. The lowest BCUT2D eigenvalue weighted by molar-refractivity contribution is -0.385. The van der Waals surface area contributed by atoms with E-state index in [0.29, 0.717) is 11.0 Å². The fourth-order valence-electron chi connectivity index (χ4n) is 1.61. The minimum atomic E-state index is -0.395. The van der Waals surface area contributed by atoms with Gasteiger partial charge in [0.2, 0.25) is 0 Å². The number of rotatable bonds is 4. The molecule has 0 unspecified atom stereocenters. The Morgan fingerprint density at radius 1 is 1.05 bits per heavy atom. The van der Waals surface area contributed by atoms with Crippen LogP contribution < -0.4 is 5.32 Å². The van der Waals surface area contributed by atoms with Gasteiger partial charge in [0, 0.05) is 33.3 Å². The maximum absolute atomic E-state index is 10.8. The number of hydrogen-bond acceptors (Lipinski definition) is 3. The van der Waals surface area contributed by atoms with Crippen molar-refractivity contribution in [2.24, 2.45) is 0 Å². The van der Waals surface area contributed by atoms with Crippen molar-refractivity contribution in [1.29, 1.82) is 0 Å². The van der Waals surface area contributed by atoms with Crippen LogP contribution in [0.4, 0.5) is 11.4 Å². The molecule has 4 nitrogen and oxygen atoms in total. The number of halogens is 2. The zero-order valence-corrected chi connectivity index (χ0v) is 12.9. The molecule has 0 saturated carbocycles. The van der Waals surface area contributed by atoms with Crippen molar-refractivity contribution < 1.29 is 4.92 Å². The zero-order valence-electron chi connectivity index (χ0n) is 9.77. The maximum Gasteiger partial charge on any atom is 0.270 e. The fraction of sp³-hybridized carbons (Fsp3) is 0.0769. The van der Waals surface area contributed by atoms with E-state index in [9.17, 15) is 10.1 Å². The van der Waals surface area contributed by atoms with Crippen LogP contribution in [-0.2, 0) is 6.54 Å². The molecule has 0 aromatic heterocycles. The number of anilines is 1. The van der Waals surface area contributed by atoms with E-state index >= 15 is 0 Å². The van der Waals surface area contributed by atoms with Crippen LogP contribution in [0.3, 0.4) is 0 Å². The van der Waals surface area contributed by atoms with Gasteiger partial charge in [-0.1, -0.05) is 31.9 Å². The van der Waals surface area contributed by atoms with Crippen molar-refractivity contribution in [3.05, 3.63) is 67.1 Å². The van der Waals surface area contributed by atoms with Gasteiger partial charge >= 0.3 is 0 Å². The van der Waals surface area contributed by atoms with Crippen molar-refractivity contribution in [3.8, 4) is 0 Å². The number of benzene rings is 2. The van der Waals surface area contributed by atoms with Crippen LogP contribution >= 0.6 is 31.9 Å². The molecule has 0 bridgehead atoms. The molecule has 0 saturated heterocycles. The first-order valence-corrected chi connectivity index (χ1v) is 7.06. The molecule has 19 heavy (non-hydrogen) atoms. The quantitative estimate of drug-likeness (QED) is 0.611. The molecular weight excluding hydrogens is 376 g/mol. The largest absolute Gasteiger partial charge is 0.381 e. The van der Waals surface area contributed by atoms with Crippen LogP contribution in [0.15, 0.2) is 51.4 Å². The molecule has 0 aliphatic carbocycles. The van der Waals surface area contributed by atoms with Crippen LogP contribution in [0.25, 0.3) is 0 Å². The smallest absolute Gasteiger partial charge is 0.270 e. The average Bonchev–Trinajstić information content (AvgIpc) is 2.37. The van der Waals surface area contributed by atoms with Gasteiger partial charge in [0.1, 0.15) is 0 Å². The molecule has 0 radical (unpaired) electrons. The summed E-state index contributed by atoms with van der Waals surface area (Å²) in [5, 5.41) is 14.0. The number of non-ortho nitro benzene ring substituents is 1. The highest BCUT2D eigenvalue weighted by Crippen LogP contribution is 2.22. The molecule has 2 aromatic carbocycles. The lowest BCUT2D eigenvalue weighted by Gasteiger charge is -2.07. The Kier molecular flexibility index (Phi) is 4.55. The first kappa shape index (κ1) is 14.0. The predicted octanol–water partition coefficient (Wildman–Crippen LogP) is 4.73. The molecular formula is C13H10Br2N2O2. The normalized spacial score (nSPS) is 10.2. The summed E-state index contributed by atoms with van der Waals surface area (Å²) in [4.78, 5) is 10.4. The van der Waals surface area contributed by atoms with Gasteiger partial charge in [0.15, 0.2) is 0 Å². The summed E-state index contributed by atoms with van der Waals surface area (Å²) in [5.41, 5.74) is 1.90. The second kappa shape index (κ2) is 6.16. The predicted molar refractivity (Wildman–Crippen MR) is 82.3 cm³/mol. The molecule has 2 aromatic rings. The number of hydrogen-bond donors (Lipinski definition) is 1. The Bertz CT molecular complexity index is 600. The lowest BCUT2D eigenvalue weighted by atomic mass is 10.2. The summed E-state index contributed by atoms with van der Waals surface area (Å²) < 4.78 is 1.71. The van der Waals surface area contributed by atoms with Crippen molar-refractivity contribution >= 4 is 43.2 Å². The van der Waals surface area contributed by atoms with Gasteiger partial charge in [-0.05, 0) is 35.9 Å². The molecule has 6 heteroatoms. The minimum Gasteiger partial charge on any atom is -0.381 e. The first-order valence-electron chi connectivity index (χ1n) is 5.48. The highest BCUT2D eigenvalue weighted by molar-refractivity contribution is 9.10. The lowest BCUT2D eigenvalue weighted by Crippen LogP contribution is -2.00. The van der Waals surface area contributed by atoms with Crippen LogP contribution in [0.1, 0.15) is 5.56 Å². The summed E-state index contributed by atoms with van der Waals surface area (Å²) in [6.07, 6.45) is 0. The van der Waals surface area contributed by atoms with Crippen molar-refractivity contribution in [2.75, 3.05) is 5.32 Å². The molecule has 1 N–H and O–H groups in total. The summed E-state index contributed by atoms with van der Waals surface area (Å²) >= 11 is 6.65. The topological polar surface area (TPSA) is 55.2 Å². The first-order chi connectivity index (χ1) is 9.04. The van der Waals surface area contributed by atoms with E-state index in [4.69, 9.17) is 0 Å². The van der Waals surface area contributed by atoms with Gasteiger partial charge in [0.05, 0.1) is 4.92 Å². The van der Waals surface area contributed by atoms with E-state index in [1.54, 1.807) is 6.07 Å². The Morgan fingerprint density at radius 2 is 1.74 bits per heavy atom. The van der Waals surface area contributed by atoms with Gasteiger partial charge in [0.25, 0.3) is 5.69 Å². The Morgan fingerprint density at radius 3 is 2.37 bits per heavy atom. The second-order valence-corrected chi connectivity index (χ2v) is 5.77. The molecule has 98 valence electrons. The molecule has 0 heterocycles. The van der Waals surface area contributed by atoms with Crippen LogP contribution in [-0.4, -0.2) is 4.92 Å². The maximum atomic E-state index is 10.8. The minimum absolute atomic E-state index is 0.0852. The third kappa shape index (κ3) is 4.04. The molecule has 0 amide bonds. The van der Waals surface area contributed by atoms with E-state index < -0.39 is 4.92 Å². The standard InChI is InChI=1S/C13H10Br2N2O2/c14-10-1-3-12(4-2-10)16-8-9-5-11(15)7-13(6-9)17(18)19/h1-7,16H,8H2. The molecule has 2 rings (SSSR count). The Hall–Kier alpha value is -1.40. The van der Waals surface area contributed by atoms with E-state index in [1.807, 2.05) is 30.3 Å². The molecule has 0 spiro atoms. The molecule has 0 atom stereocenters. The van der Waals surface area contributed by atoms with Gasteiger partial charge in [-0.3, -0.25) is 10.1 Å². The van der Waals surface area contributed by atoms with E-state index in [1.165, 1.54) is 6.07 Å². The van der Waals surface area contributed by atoms with E-state index in [2.05, 4.69) is 37.2 Å². The monoisotopic (exact) mass is 384 g/mol. The van der Waals surface area contributed by atoms with Crippen molar-refractivity contribution in [3.63, 3.8) is 0 Å². The van der Waals surface area contributed by atoms with Crippen LogP contribution in [0.2, 0.25) is 0 Å². The Balaban J connectivity index is 2.11. The van der Waals surface area contributed by atoms with E-state index in [0.717, 1.165) is 15.7 Å². The average molecular weight is 386 g/mol. The number of nitro benzene ring substituents is 1. The fourth-order valence-corrected chi connectivity index (χ4v) is 2.41. The summed E-state index contributed by atoms with van der Waals surface area (Å²) in [5.74, 6) is 0. The zero-order chi connectivity index (χ0) is 13.8. The highest BCUT2D eigenvalue weighted by Gasteiger charge is 2.08. The number of nitrogens with one attached hydrogen (secondary N) is 1. The van der Waals surface area contributed by atoms with Gasteiger partial charge < -0.3 is 5.32 Å². The third-order valence-electron chi connectivity index (χ3n) is 2.49. The summed E-state index contributed by atoms with van der Waals surface area (Å²) in [6.45, 7) is 0.530. The number of nitrogens with zero attached hydrogens (tertiary/aromatic N) is 1. The summed E-state index contributed by atoms with van der Waals surface area (Å²) in [7, 11) is 0. The van der Waals surface area contributed by atoms with Crippen LogP contribution in [0.5, 0.6) is 0 Å². The Labute approximate surface area is 127 Å². The van der Waals surface area contributed by atoms with Crippen LogP contribution in [0, 0.1) is 10.1 Å². The second-order valence-electron chi connectivity index (χ2n) is 3.94. The summed E-state index contributed by atoms with van der Waals surface area (Å²) in [6, 6.07) is 12.7. The SMILES string of the molecule is O=[N+]([O-])c1cc(Br)cc(CNc2ccc(Br)cc2)c1. The highest BCUT2D eigenvalue weighted by atomic mass is 79.9. The van der Waals surface area contributed by atoms with Crippen molar-refractivity contribution in [1.82, 2.24) is 0 Å². The van der Waals surface area contributed by atoms with Gasteiger partial charge in [-0.15, -0.1) is 0 Å². The molecule has 0 fully saturated rings. The van der Waals surface area contributed by atoms with E-state index in [-0.39, 0.29) is 5.69 Å².